The Morgan fingerprint density at radius 1 is 1.06 bits per heavy atom. The van der Waals surface area contributed by atoms with Crippen molar-refractivity contribution in [2.75, 3.05) is 0 Å². The van der Waals surface area contributed by atoms with Crippen LogP contribution < -0.4 is 0 Å². The zero-order chi connectivity index (χ0) is 12.7. The monoisotopic (exact) mass is 367 g/mol. The predicted octanol–water partition coefficient (Wildman–Crippen LogP) is 5.10. The molecule has 3 heteroatoms. The van der Waals surface area contributed by atoms with Crippen molar-refractivity contribution in [3.05, 3.63) is 57.1 Å². The molecule has 0 radical (unpaired) electrons. The van der Waals surface area contributed by atoms with Gasteiger partial charge in [-0.3, -0.25) is 0 Å². The van der Waals surface area contributed by atoms with Crippen molar-refractivity contribution in [1.29, 1.82) is 0 Å². The maximum atomic E-state index is 6.09. The molecular formula is C15H11ClIN. The topological polar surface area (TPSA) is 4.93 Å². The number of hydrogen-bond donors (Lipinski definition) is 0. The second-order valence-corrected chi connectivity index (χ2v) is 5.76. The van der Waals surface area contributed by atoms with Gasteiger partial charge in [0.05, 0.1) is 5.69 Å². The predicted molar refractivity (Wildman–Crippen MR) is 86.1 cm³/mol. The molecule has 1 nitrogen and oxygen atoms in total. The van der Waals surface area contributed by atoms with Gasteiger partial charge in [0.25, 0.3) is 0 Å². The fraction of sp³-hybridized carbons (Fsp3) is 0.0667. The molecule has 0 unspecified atom stereocenters. The summed E-state index contributed by atoms with van der Waals surface area (Å²) in [6.07, 6.45) is 0. The van der Waals surface area contributed by atoms with Crippen LogP contribution in [0.1, 0.15) is 0 Å². The second kappa shape index (κ2) is 4.59. The van der Waals surface area contributed by atoms with Crippen LogP contribution in [0.2, 0.25) is 5.02 Å². The molecule has 0 saturated carbocycles. The molecule has 0 amide bonds. The highest BCUT2D eigenvalue weighted by molar-refractivity contribution is 14.1. The first-order valence-electron chi connectivity index (χ1n) is 5.67. The van der Waals surface area contributed by atoms with Gasteiger partial charge in [-0.2, -0.15) is 0 Å². The summed E-state index contributed by atoms with van der Waals surface area (Å²) in [5, 5.41) is 2.00. The van der Waals surface area contributed by atoms with Crippen LogP contribution in [0.5, 0.6) is 0 Å². The number of fused-ring (bicyclic) bond motifs is 1. The molecule has 3 rings (SSSR count). The minimum Gasteiger partial charge on any atom is -0.343 e. The first-order chi connectivity index (χ1) is 8.68. The van der Waals surface area contributed by atoms with Gasteiger partial charge < -0.3 is 4.57 Å². The average Bonchev–Trinajstić information content (AvgIpc) is 2.63. The lowest BCUT2D eigenvalue weighted by Gasteiger charge is -2.04. The van der Waals surface area contributed by atoms with E-state index in [4.69, 9.17) is 11.6 Å². The fourth-order valence-corrected chi connectivity index (χ4v) is 3.57. The van der Waals surface area contributed by atoms with Crippen molar-refractivity contribution in [1.82, 2.24) is 4.57 Å². The molecule has 0 saturated heterocycles. The van der Waals surface area contributed by atoms with Gasteiger partial charge in [-0.05, 0) is 46.4 Å². The molecule has 0 bridgehead atoms. The van der Waals surface area contributed by atoms with E-state index in [-0.39, 0.29) is 0 Å². The highest BCUT2D eigenvalue weighted by atomic mass is 127. The molecule has 0 aliphatic rings. The van der Waals surface area contributed by atoms with E-state index in [1.807, 2.05) is 18.2 Å². The molecule has 2 aromatic carbocycles. The number of benzene rings is 2. The Kier molecular flexibility index (Phi) is 3.08. The van der Waals surface area contributed by atoms with Crippen LogP contribution in [0, 0.1) is 3.57 Å². The van der Waals surface area contributed by atoms with Crippen molar-refractivity contribution in [2.24, 2.45) is 7.05 Å². The van der Waals surface area contributed by atoms with Crippen LogP contribution >= 0.6 is 34.2 Å². The smallest absolute Gasteiger partial charge is 0.0624 e. The zero-order valence-electron chi connectivity index (χ0n) is 9.82. The molecule has 0 atom stereocenters. The van der Waals surface area contributed by atoms with Crippen LogP contribution in [0.4, 0.5) is 0 Å². The molecule has 0 aliphatic carbocycles. The molecule has 0 fully saturated rings. The molecule has 0 N–H and O–H groups in total. The van der Waals surface area contributed by atoms with Crippen LogP contribution in [0.15, 0.2) is 48.5 Å². The van der Waals surface area contributed by atoms with Gasteiger partial charge in [0, 0.05) is 26.5 Å². The van der Waals surface area contributed by atoms with Crippen molar-refractivity contribution in [3.8, 4) is 11.3 Å². The normalized spacial score (nSPS) is 11.1. The Hall–Kier alpha value is -1.00. The Morgan fingerprint density at radius 2 is 1.78 bits per heavy atom. The molecule has 0 aliphatic heterocycles. The van der Waals surface area contributed by atoms with Crippen molar-refractivity contribution < 1.29 is 0 Å². The van der Waals surface area contributed by atoms with Crippen molar-refractivity contribution in [3.63, 3.8) is 0 Å². The lowest BCUT2D eigenvalue weighted by molar-refractivity contribution is 0.976. The minimum atomic E-state index is 0.783. The number of nitrogens with zero attached hydrogens (tertiary/aromatic N) is 1. The summed E-state index contributed by atoms with van der Waals surface area (Å²) in [6.45, 7) is 0. The Labute approximate surface area is 125 Å². The summed E-state index contributed by atoms with van der Waals surface area (Å²) in [4.78, 5) is 0. The van der Waals surface area contributed by atoms with E-state index in [9.17, 15) is 0 Å². The van der Waals surface area contributed by atoms with E-state index in [1.165, 1.54) is 25.7 Å². The van der Waals surface area contributed by atoms with Crippen LogP contribution in [0.25, 0.3) is 22.2 Å². The molecule has 1 aromatic heterocycles. The van der Waals surface area contributed by atoms with Crippen LogP contribution in [0.3, 0.4) is 0 Å². The second-order valence-electron chi connectivity index (χ2n) is 4.25. The molecule has 0 spiro atoms. The fourth-order valence-electron chi connectivity index (χ4n) is 2.29. The van der Waals surface area contributed by atoms with Gasteiger partial charge in [-0.15, -0.1) is 0 Å². The Bertz CT molecular complexity index is 716. The largest absolute Gasteiger partial charge is 0.343 e. The third-order valence-electron chi connectivity index (χ3n) is 3.15. The summed E-state index contributed by atoms with van der Waals surface area (Å²) < 4.78 is 3.47. The SMILES string of the molecule is Cn1c(-c2ccccc2)c(I)c2cc(Cl)ccc21. The summed E-state index contributed by atoms with van der Waals surface area (Å²) in [7, 11) is 2.10. The highest BCUT2D eigenvalue weighted by Crippen LogP contribution is 2.35. The molecule has 90 valence electrons. The maximum Gasteiger partial charge on any atom is 0.0624 e. The number of halogens is 2. The quantitative estimate of drug-likeness (QED) is 0.527. The van der Waals surface area contributed by atoms with E-state index in [1.54, 1.807) is 0 Å². The summed E-state index contributed by atoms with van der Waals surface area (Å²) >= 11 is 8.49. The minimum absolute atomic E-state index is 0.783. The number of aromatic nitrogens is 1. The van der Waals surface area contributed by atoms with E-state index in [0.29, 0.717) is 0 Å². The third-order valence-corrected chi connectivity index (χ3v) is 4.47. The average molecular weight is 368 g/mol. The first kappa shape index (κ1) is 12.1. The number of rotatable bonds is 1. The highest BCUT2D eigenvalue weighted by Gasteiger charge is 2.14. The van der Waals surface area contributed by atoms with E-state index < -0.39 is 0 Å². The standard InChI is InChI=1S/C15H11ClIN/c1-18-13-8-7-11(16)9-12(13)14(17)15(18)10-5-3-2-4-6-10/h2-9H,1H3. The lowest BCUT2D eigenvalue weighted by atomic mass is 10.1. The first-order valence-corrected chi connectivity index (χ1v) is 7.13. The molecule has 18 heavy (non-hydrogen) atoms. The van der Waals surface area contributed by atoms with E-state index in [0.717, 1.165) is 5.02 Å². The lowest BCUT2D eigenvalue weighted by Crippen LogP contribution is -1.91. The van der Waals surface area contributed by atoms with Crippen LogP contribution in [-0.2, 0) is 7.05 Å². The van der Waals surface area contributed by atoms with Gasteiger partial charge >= 0.3 is 0 Å². The van der Waals surface area contributed by atoms with Crippen molar-refractivity contribution in [2.45, 2.75) is 0 Å². The third kappa shape index (κ3) is 1.84. The summed E-state index contributed by atoms with van der Waals surface area (Å²) in [5.74, 6) is 0. The molecule has 3 aromatic rings. The Balaban J connectivity index is 2.37. The Morgan fingerprint density at radius 3 is 2.50 bits per heavy atom. The molecule has 1 heterocycles. The van der Waals surface area contributed by atoms with Gasteiger partial charge in [0.15, 0.2) is 0 Å². The zero-order valence-corrected chi connectivity index (χ0v) is 12.7. The van der Waals surface area contributed by atoms with E-state index in [2.05, 4.69) is 64.5 Å². The number of hydrogen-bond acceptors (Lipinski definition) is 0. The summed E-state index contributed by atoms with van der Waals surface area (Å²) in [6, 6.07) is 16.5. The maximum absolute atomic E-state index is 6.09. The van der Waals surface area contributed by atoms with Crippen molar-refractivity contribution >= 4 is 45.1 Å². The summed E-state index contributed by atoms with van der Waals surface area (Å²) in [5.41, 5.74) is 3.69. The molecular weight excluding hydrogens is 357 g/mol. The van der Waals surface area contributed by atoms with Gasteiger partial charge in [0.1, 0.15) is 0 Å². The van der Waals surface area contributed by atoms with Gasteiger partial charge in [0.2, 0.25) is 0 Å². The van der Waals surface area contributed by atoms with Gasteiger partial charge in [-0.1, -0.05) is 41.9 Å². The van der Waals surface area contributed by atoms with E-state index >= 15 is 0 Å². The van der Waals surface area contributed by atoms with Crippen LogP contribution in [-0.4, -0.2) is 4.57 Å². The van der Waals surface area contributed by atoms with Gasteiger partial charge in [-0.25, -0.2) is 0 Å². The number of aryl methyl sites for hydroxylation is 1.